The molecule has 97 heavy (non-hydrogen) atoms. The predicted octanol–water partition coefficient (Wildman–Crippen LogP) is 22.0. The average molecular weight is 1410 g/mol. The number of phosphoric acid groups is 2. The zero-order chi connectivity index (χ0) is 70.9. The molecular weight excluding hydrogens is 1270 g/mol. The second kappa shape index (κ2) is 72.0. The van der Waals surface area contributed by atoms with Gasteiger partial charge in [-0.25, -0.2) is 9.13 Å². The van der Waals surface area contributed by atoms with Crippen molar-refractivity contribution in [2.75, 3.05) is 39.6 Å². The summed E-state index contributed by atoms with van der Waals surface area (Å²) in [7, 11) is -9.78. The van der Waals surface area contributed by atoms with Gasteiger partial charge in [0.1, 0.15) is 25.4 Å². The highest BCUT2D eigenvalue weighted by molar-refractivity contribution is 7.47. The van der Waals surface area contributed by atoms with E-state index in [1.807, 2.05) is 0 Å². The molecule has 5 atom stereocenters. The molecule has 0 rings (SSSR count). The molecule has 5 unspecified atom stereocenters. The third-order valence-corrected chi connectivity index (χ3v) is 17.8. The maximum atomic E-state index is 12.9. The number of ether oxygens (including phenoxy) is 3. The van der Waals surface area contributed by atoms with Crippen LogP contribution < -0.4 is 0 Å². The third kappa shape index (κ3) is 73.3. The minimum atomic E-state index is -4.93. The van der Waals surface area contributed by atoms with Gasteiger partial charge in [0.2, 0.25) is 0 Å². The van der Waals surface area contributed by atoms with Gasteiger partial charge in [0.05, 0.1) is 26.4 Å². The maximum Gasteiger partial charge on any atom is 0.472 e. The van der Waals surface area contributed by atoms with Gasteiger partial charge in [-0.1, -0.05) is 284 Å². The van der Waals surface area contributed by atoms with Gasteiger partial charge < -0.3 is 34.2 Å². The summed E-state index contributed by atoms with van der Waals surface area (Å²) >= 11 is 0. The van der Waals surface area contributed by atoms with Crippen LogP contribution in [0, 0.1) is 0 Å². The first-order valence-corrected chi connectivity index (χ1v) is 41.2. The minimum Gasteiger partial charge on any atom is -0.463 e. The lowest BCUT2D eigenvalue weighted by Gasteiger charge is -2.21. The van der Waals surface area contributed by atoms with E-state index in [4.69, 9.17) is 32.3 Å². The van der Waals surface area contributed by atoms with Crippen LogP contribution in [-0.4, -0.2) is 95.9 Å². The summed E-state index contributed by atoms with van der Waals surface area (Å²) in [6.07, 6.45) is 83.1. The quantitative estimate of drug-likeness (QED) is 0.0146. The Balaban J connectivity index is 4.36. The molecule has 16 nitrogen and oxygen atoms in total. The van der Waals surface area contributed by atoms with Crippen molar-refractivity contribution in [2.45, 2.75) is 334 Å². The molecule has 18 heteroatoms. The monoisotopic (exact) mass is 1400 g/mol. The van der Waals surface area contributed by atoms with Gasteiger partial charge in [0.15, 0.2) is 6.10 Å². The van der Waals surface area contributed by atoms with E-state index in [0.29, 0.717) is 19.3 Å². The zero-order valence-electron chi connectivity index (χ0n) is 61.0. The Kier molecular flexibility index (Phi) is 69.2. The van der Waals surface area contributed by atoms with E-state index in [-0.39, 0.29) is 19.3 Å². The lowest BCUT2D eigenvalue weighted by molar-refractivity contribution is -0.161. The Hall–Kier alpha value is -3.79. The Morgan fingerprint density at radius 3 is 0.907 bits per heavy atom. The Bertz CT molecular complexity index is 2200. The van der Waals surface area contributed by atoms with E-state index >= 15 is 0 Å². The average Bonchev–Trinajstić information content (AvgIpc) is 1.67. The second-order valence-electron chi connectivity index (χ2n) is 25.4. The summed E-state index contributed by atoms with van der Waals surface area (Å²) in [5.74, 6) is -1.61. The Morgan fingerprint density at radius 1 is 0.299 bits per heavy atom. The number of aliphatic hydroxyl groups excluding tert-OH is 2. The van der Waals surface area contributed by atoms with Crippen LogP contribution in [0.4, 0.5) is 0 Å². The molecule has 0 aromatic rings. The molecule has 0 aliphatic rings. The Labute approximate surface area is 590 Å². The van der Waals surface area contributed by atoms with E-state index < -0.39 is 91.5 Å². The molecule has 0 radical (unpaired) electrons. The van der Waals surface area contributed by atoms with Gasteiger partial charge in [-0.05, 0) is 122 Å². The van der Waals surface area contributed by atoms with Gasteiger partial charge in [-0.2, -0.15) is 0 Å². The normalized spacial score (nSPS) is 14.7. The van der Waals surface area contributed by atoms with Gasteiger partial charge in [0.25, 0.3) is 0 Å². The lowest BCUT2D eigenvalue weighted by Crippen LogP contribution is -2.30. The number of unbranched alkanes of at least 4 members (excludes halogenated alkanes) is 31. The van der Waals surface area contributed by atoms with Crippen LogP contribution in [0.15, 0.2) is 109 Å². The summed E-state index contributed by atoms with van der Waals surface area (Å²) in [6.45, 7) is 2.44. The molecule has 0 fully saturated rings. The van der Waals surface area contributed by atoms with Crippen molar-refractivity contribution in [3.05, 3.63) is 109 Å². The van der Waals surface area contributed by atoms with Gasteiger partial charge >= 0.3 is 33.6 Å². The number of hydrogen-bond donors (Lipinski definition) is 4. The molecular formula is C79H138O16P2. The first kappa shape index (κ1) is 93.2. The first-order chi connectivity index (χ1) is 47.2. The van der Waals surface area contributed by atoms with E-state index in [1.54, 1.807) is 0 Å². The molecule has 0 heterocycles. The number of carbonyl (C=O) groups excluding carboxylic acids is 3. The van der Waals surface area contributed by atoms with Crippen LogP contribution in [0.5, 0.6) is 0 Å². The van der Waals surface area contributed by atoms with Crippen molar-refractivity contribution in [3.8, 4) is 0 Å². The topological polar surface area (TPSA) is 231 Å². The number of phosphoric ester groups is 2. The molecule has 0 amide bonds. The number of hydrogen-bond acceptors (Lipinski definition) is 14. The van der Waals surface area contributed by atoms with Crippen molar-refractivity contribution >= 4 is 33.6 Å². The van der Waals surface area contributed by atoms with Crippen LogP contribution in [-0.2, 0) is 55.8 Å². The van der Waals surface area contributed by atoms with E-state index in [2.05, 4.69) is 130 Å². The molecule has 4 N–H and O–H groups in total. The summed E-state index contributed by atoms with van der Waals surface area (Å²) < 4.78 is 60.9. The standard InChI is InChI=1S/C79H138O16P2/c1-4-7-10-13-16-19-22-25-27-28-29-30-31-32-33-34-35-36-37-38-39-40-41-42-43-44-46-49-50-53-56-59-62-65-77(82)89-68-74(80)69-91-96(85,86)92-70-75(81)71-93-97(87,88)94-73-76(95-79(84)67-64-61-58-55-52-47-24-21-18-15-12-9-6-3)72-90-78(83)66-63-60-57-54-51-48-45-26-23-20-17-14-11-8-5-2/h8,11-12,15-17,19-21,24-27,29-30,32-33,45,74-76,80-81H,4-7,9-10,13-14,18,22-23,28,31,34-44,46-73H2,1-3H3,(H,85,86)(H,87,88)/b11-8-,15-12-,19-16-,20-17-,24-21-,27-25-,30-29-,33-32-,45-26-. The van der Waals surface area contributed by atoms with Crippen LogP contribution in [0.25, 0.3) is 0 Å². The molecule has 0 saturated heterocycles. The van der Waals surface area contributed by atoms with E-state index in [1.165, 1.54) is 116 Å². The highest BCUT2D eigenvalue weighted by Crippen LogP contribution is 2.45. The van der Waals surface area contributed by atoms with Crippen molar-refractivity contribution < 1.29 is 75.8 Å². The second-order valence-corrected chi connectivity index (χ2v) is 28.3. The summed E-state index contributed by atoms with van der Waals surface area (Å²) in [5, 5.41) is 20.6. The van der Waals surface area contributed by atoms with Crippen LogP contribution >= 0.6 is 15.6 Å². The maximum absolute atomic E-state index is 12.9. The van der Waals surface area contributed by atoms with Crippen molar-refractivity contribution in [1.29, 1.82) is 0 Å². The summed E-state index contributed by atoms with van der Waals surface area (Å²) in [6, 6.07) is 0. The highest BCUT2D eigenvalue weighted by Gasteiger charge is 2.29. The summed E-state index contributed by atoms with van der Waals surface area (Å²) in [4.78, 5) is 58.4. The summed E-state index contributed by atoms with van der Waals surface area (Å²) in [5.41, 5.74) is 0. The zero-order valence-corrected chi connectivity index (χ0v) is 62.8. The largest absolute Gasteiger partial charge is 0.472 e. The van der Waals surface area contributed by atoms with Crippen molar-refractivity contribution in [1.82, 2.24) is 0 Å². The van der Waals surface area contributed by atoms with Crippen molar-refractivity contribution in [3.63, 3.8) is 0 Å². The molecule has 0 aromatic heterocycles. The van der Waals surface area contributed by atoms with E-state index in [9.17, 15) is 43.5 Å². The molecule has 0 aromatic carbocycles. The highest BCUT2D eigenvalue weighted by atomic mass is 31.2. The SMILES string of the molecule is CC/C=C\C/C=C\C/C=C\CCCCCCCC(=O)OCC(COP(=O)(O)OCC(O)COP(=O)(O)OCC(O)COC(=O)CCCCCCCCCCCCCCCCCCC/C=C\C/C=C\C/C=C\C/C=C\CCCCC)OC(=O)CCCCCCC/C=C\C/C=C\CCC. The Morgan fingerprint density at radius 2 is 0.567 bits per heavy atom. The van der Waals surface area contributed by atoms with Gasteiger partial charge in [-0.3, -0.25) is 32.5 Å². The molecule has 0 saturated carbocycles. The van der Waals surface area contributed by atoms with Crippen LogP contribution in [0.1, 0.15) is 316 Å². The van der Waals surface area contributed by atoms with Crippen LogP contribution in [0.2, 0.25) is 0 Å². The molecule has 0 spiro atoms. The third-order valence-electron chi connectivity index (χ3n) is 15.9. The number of aliphatic hydroxyl groups is 2. The molecule has 560 valence electrons. The fourth-order valence-corrected chi connectivity index (χ4v) is 11.7. The van der Waals surface area contributed by atoms with Gasteiger partial charge in [-0.15, -0.1) is 0 Å². The van der Waals surface area contributed by atoms with Crippen molar-refractivity contribution in [2.24, 2.45) is 0 Å². The molecule has 0 aliphatic carbocycles. The van der Waals surface area contributed by atoms with E-state index in [0.717, 1.165) is 141 Å². The van der Waals surface area contributed by atoms with Gasteiger partial charge in [0, 0.05) is 19.3 Å². The first-order valence-electron chi connectivity index (χ1n) is 38.2. The van der Waals surface area contributed by atoms with Crippen LogP contribution in [0.3, 0.4) is 0 Å². The number of carbonyl (C=O) groups is 3. The number of rotatable bonds is 72. The smallest absolute Gasteiger partial charge is 0.463 e. The fraction of sp³-hybridized carbons (Fsp3) is 0.734. The fourth-order valence-electron chi connectivity index (χ4n) is 10.1. The number of allylic oxidation sites excluding steroid dienone is 18. The molecule has 0 aliphatic heterocycles. The molecule has 0 bridgehead atoms. The number of esters is 3. The predicted molar refractivity (Wildman–Crippen MR) is 399 cm³/mol. The minimum absolute atomic E-state index is 0.0836. The lowest BCUT2D eigenvalue weighted by atomic mass is 10.0.